The molecule has 0 saturated heterocycles. The molecule has 1 aromatic rings. The molecule has 1 aromatic carbocycles. The number of nitrogens with two attached hydrogens (primary N) is 1. The van der Waals surface area contributed by atoms with Gasteiger partial charge in [-0.1, -0.05) is 12.1 Å². The maximum Gasteiger partial charge on any atom is 0.239 e. The minimum absolute atomic E-state index is 0.0301. The number of hydrogen-bond donors (Lipinski definition) is 4. The van der Waals surface area contributed by atoms with Crippen molar-refractivity contribution < 1.29 is 14.7 Å². The zero-order valence-corrected chi connectivity index (χ0v) is 10.5. The summed E-state index contributed by atoms with van der Waals surface area (Å²) in [6.07, 6.45) is 1.19. The molecule has 0 bridgehead atoms. The largest absolute Gasteiger partial charge is 0.394 e. The van der Waals surface area contributed by atoms with Crippen molar-refractivity contribution in [3.8, 4) is 0 Å². The van der Waals surface area contributed by atoms with Crippen LogP contribution in [0.3, 0.4) is 0 Å². The van der Waals surface area contributed by atoms with Gasteiger partial charge in [0.25, 0.3) is 0 Å². The first-order valence-electron chi connectivity index (χ1n) is 6.16. The molecule has 2 amide bonds. The Morgan fingerprint density at radius 1 is 1.47 bits per heavy atom. The van der Waals surface area contributed by atoms with Gasteiger partial charge in [0.15, 0.2) is 0 Å². The molecular weight excluding hydrogens is 246 g/mol. The second kappa shape index (κ2) is 5.81. The van der Waals surface area contributed by atoms with Gasteiger partial charge >= 0.3 is 0 Å². The number of anilines is 1. The first kappa shape index (κ1) is 13.5. The van der Waals surface area contributed by atoms with Gasteiger partial charge in [-0.2, -0.15) is 0 Å². The van der Waals surface area contributed by atoms with Gasteiger partial charge < -0.3 is 21.5 Å². The average Bonchev–Trinajstić information content (AvgIpc) is 2.43. The molecule has 0 saturated carbocycles. The fourth-order valence-electron chi connectivity index (χ4n) is 1.95. The van der Waals surface area contributed by atoms with E-state index in [1.54, 1.807) is 0 Å². The van der Waals surface area contributed by atoms with Crippen molar-refractivity contribution in [1.82, 2.24) is 5.32 Å². The molecule has 102 valence electrons. The van der Waals surface area contributed by atoms with E-state index >= 15 is 0 Å². The number of aliphatic hydroxyl groups excluding tert-OH is 1. The quantitative estimate of drug-likeness (QED) is 0.588. The van der Waals surface area contributed by atoms with E-state index in [0.29, 0.717) is 19.4 Å². The molecule has 1 aliphatic rings. The summed E-state index contributed by atoms with van der Waals surface area (Å²) in [5.74, 6) is -0.351. The van der Waals surface area contributed by atoms with E-state index in [1.165, 1.54) is 0 Å². The molecule has 1 heterocycles. The number of carbonyl (C=O) groups is 2. The highest BCUT2D eigenvalue weighted by Gasteiger charge is 2.15. The van der Waals surface area contributed by atoms with E-state index in [2.05, 4.69) is 10.6 Å². The first-order valence-corrected chi connectivity index (χ1v) is 6.16. The summed E-state index contributed by atoms with van der Waals surface area (Å²) < 4.78 is 0. The Kier molecular flexibility index (Phi) is 4.13. The van der Waals surface area contributed by atoms with E-state index in [0.717, 1.165) is 16.8 Å². The van der Waals surface area contributed by atoms with Crippen LogP contribution in [0, 0.1) is 0 Å². The number of fused-ring (bicyclic) bond motifs is 1. The maximum absolute atomic E-state index is 11.4. The summed E-state index contributed by atoms with van der Waals surface area (Å²) >= 11 is 0. The van der Waals surface area contributed by atoms with Gasteiger partial charge in [-0.25, -0.2) is 0 Å². The van der Waals surface area contributed by atoms with Gasteiger partial charge in [-0.05, 0) is 23.6 Å². The number of hydrogen-bond acceptors (Lipinski definition) is 4. The Morgan fingerprint density at radius 2 is 2.26 bits per heavy atom. The number of amides is 2. The van der Waals surface area contributed by atoms with Crippen molar-refractivity contribution in [3.05, 3.63) is 29.3 Å². The first-order chi connectivity index (χ1) is 9.10. The number of benzene rings is 1. The molecule has 0 fully saturated rings. The number of aryl methyl sites for hydroxylation is 1. The van der Waals surface area contributed by atoms with Gasteiger partial charge in [0.1, 0.15) is 6.04 Å². The van der Waals surface area contributed by atoms with Crippen LogP contribution in [0.1, 0.15) is 17.5 Å². The molecule has 0 radical (unpaired) electrons. The van der Waals surface area contributed by atoms with E-state index in [4.69, 9.17) is 10.8 Å². The summed E-state index contributed by atoms with van der Waals surface area (Å²) in [5, 5.41) is 14.2. The lowest BCUT2D eigenvalue weighted by molar-refractivity contribution is -0.123. The minimum atomic E-state index is -0.892. The maximum atomic E-state index is 11.4. The van der Waals surface area contributed by atoms with Crippen LogP contribution < -0.4 is 16.4 Å². The highest BCUT2D eigenvalue weighted by molar-refractivity contribution is 5.93. The van der Waals surface area contributed by atoms with Gasteiger partial charge in [0, 0.05) is 18.7 Å². The average molecular weight is 263 g/mol. The van der Waals surface area contributed by atoms with E-state index < -0.39 is 6.04 Å². The molecule has 6 heteroatoms. The Hall–Kier alpha value is -1.92. The normalized spacial score (nSPS) is 15.4. The van der Waals surface area contributed by atoms with Crippen LogP contribution in [0.25, 0.3) is 0 Å². The van der Waals surface area contributed by atoms with Crippen LogP contribution in [0.4, 0.5) is 5.69 Å². The Balaban J connectivity index is 1.99. The van der Waals surface area contributed by atoms with Crippen molar-refractivity contribution in [2.45, 2.75) is 25.4 Å². The smallest absolute Gasteiger partial charge is 0.239 e. The van der Waals surface area contributed by atoms with Crippen molar-refractivity contribution in [2.24, 2.45) is 5.73 Å². The van der Waals surface area contributed by atoms with Crippen LogP contribution in [-0.4, -0.2) is 29.6 Å². The number of nitrogens with one attached hydrogen (secondary N) is 2. The molecule has 0 aromatic heterocycles. The molecule has 2 rings (SSSR count). The summed E-state index contributed by atoms with van der Waals surface area (Å²) in [4.78, 5) is 22.7. The second-order valence-corrected chi connectivity index (χ2v) is 4.55. The molecule has 0 aliphatic carbocycles. The summed E-state index contributed by atoms with van der Waals surface area (Å²) in [6, 6.07) is 4.74. The van der Waals surface area contributed by atoms with Crippen LogP contribution >= 0.6 is 0 Å². The van der Waals surface area contributed by atoms with Crippen molar-refractivity contribution in [3.63, 3.8) is 0 Å². The van der Waals surface area contributed by atoms with E-state index in [-0.39, 0.29) is 18.4 Å². The van der Waals surface area contributed by atoms with E-state index in [9.17, 15) is 9.59 Å². The van der Waals surface area contributed by atoms with Crippen molar-refractivity contribution >= 4 is 17.5 Å². The van der Waals surface area contributed by atoms with Crippen molar-refractivity contribution in [2.75, 3.05) is 11.9 Å². The standard InChI is InChI=1S/C13H17N3O3/c14-10(7-17)13(19)15-6-8-1-3-11-9(5-8)2-4-12(18)16-11/h1,3,5,10,17H,2,4,6-7,14H2,(H,15,19)(H,16,18). The van der Waals surface area contributed by atoms with Crippen molar-refractivity contribution in [1.29, 1.82) is 0 Å². The molecule has 6 nitrogen and oxygen atoms in total. The van der Waals surface area contributed by atoms with Gasteiger partial charge in [0.2, 0.25) is 11.8 Å². The fourth-order valence-corrected chi connectivity index (χ4v) is 1.95. The Morgan fingerprint density at radius 3 is 3.00 bits per heavy atom. The molecule has 0 spiro atoms. The highest BCUT2D eigenvalue weighted by atomic mass is 16.3. The van der Waals surface area contributed by atoms with Gasteiger partial charge in [-0.3, -0.25) is 9.59 Å². The zero-order chi connectivity index (χ0) is 13.8. The molecular formula is C13H17N3O3. The van der Waals surface area contributed by atoms with E-state index in [1.807, 2.05) is 18.2 Å². The zero-order valence-electron chi connectivity index (χ0n) is 10.5. The lowest BCUT2D eigenvalue weighted by Crippen LogP contribution is -2.42. The summed E-state index contributed by atoms with van der Waals surface area (Å²) in [7, 11) is 0. The fraction of sp³-hybridized carbons (Fsp3) is 0.385. The number of rotatable bonds is 4. The monoisotopic (exact) mass is 263 g/mol. The molecule has 5 N–H and O–H groups in total. The molecule has 1 unspecified atom stereocenters. The molecule has 1 aliphatic heterocycles. The van der Waals surface area contributed by atoms with Crippen LogP contribution in [-0.2, 0) is 22.6 Å². The Bertz CT molecular complexity index is 502. The Labute approximate surface area is 111 Å². The van der Waals surface area contributed by atoms with Crippen LogP contribution in [0.5, 0.6) is 0 Å². The lowest BCUT2D eigenvalue weighted by atomic mass is 10.0. The summed E-state index contributed by atoms with van der Waals surface area (Å²) in [5.41, 5.74) is 8.23. The molecule has 1 atom stereocenters. The van der Waals surface area contributed by atoms with Crippen LogP contribution in [0.2, 0.25) is 0 Å². The van der Waals surface area contributed by atoms with Crippen LogP contribution in [0.15, 0.2) is 18.2 Å². The number of carbonyl (C=O) groups excluding carboxylic acids is 2. The molecule has 19 heavy (non-hydrogen) atoms. The lowest BCUT2D eigenvalue weighted by Gasteiger charge is -2.18. The SMILES string of the molecule is NC(CO)C(=O)NCc1ccc2c(c1)CCC(=O)N2. The third kappa shape index (κ3) is 3.30. The third-order valence-corrected chi connectivity index (χ3v) is 3.07. The topological polar surface area (TPSA) is 104 Å². The second-order valence-electron chi connectivity index (χ2n) is 4.55. The van der Waals surface area contributed by atoms with Gasteiger partial charge in [0.05, 0.1) is 6.61 Å². The third-order valence-electron chi connectivity index (χ3n) is 3.07. The highest BCUT2D eigenvalue weighted by Crippen LogP contribution is 2.23. The van der Waals surface area contributed by atoms with Gasteiger partial charge in [-0.15, -0.1) is 0 Å². The predicted octanol–water partition coefficient (Wildman–Crippen LogP) is -0.493. The summed E-state index contributed by atoms with van der Waals surface area (Å²) in [6.45, 7) is -0.0180. The predicted molar refractivity (Wildman–Crippen MR) is 70.3 cm³/mol. The number of aliphatic hydroxyl groups is 1. The minimum Gasteiger partial charge on any atom is -0.394 e.